The van der Waals surface area contributed by atoms with Gasteiger partial charge < -0.3 is 10.1 Å². The minimum Gasteiger partial charge on any atom is -0.385 e. The number of nitrogens with one attached hydrogen (secondary N) is 1. The standard InChI is InChI=1S/C10H16N2O/c13-9(10-11-6-7-12-10)8-4-2-1-3-5-8/h6-9,13H,1-5H2,(H,11,12). The molecule has 0 bridgehead atoms. The molecule has 3 heteroatoms. The molecule has 0 aliphatic heterocycles. The molecule has 0 spiro atoms. The summed E-state index contributed by atoms with van der Waals surface area (Å²) in [6.45, 7) is 0. The maximum absolute atomic E-state index is 9.94. The molecule has 1 aromatic heterocycles. The van der Waals surface area contributed by atoms with Gasteiger partial charge in [-0.2, -0.15) is 0 Å². The molecule has 0 saturated heterocycles. The van der Waals surface area contributed by atoms with E-state index in [0.717, 1.165) is 18.7 Å². The summed E-state index contributed by atoms with van der Waals surface area (Å²) >= 11 is 0. The second kappa shape index (κ2) is 3.92. The number of hydrogen-bond acceptors (Lipinski definition) is 2. The van der Waals surface area contributed by atoms with Gasteiger partial charge in [0.15, 0.2) is 0 Å². The average Bonchev–Trinajstić information content (AvgIpc) is 2.71. The van der Waals surface area contributed by atoms with Gasteiger partial charge in [-0.15, -0.1) is 0 Å². The zero-order chi connectivity index (χ0) is 9.10. The summed E-state index contributed by atoms with van der Waals surface area (Å²) in [5, 5.41) is 9.94. The van der Waals surface area contributed by atoms with E-state index in [1.807, 2.05) is 0 Å². The Morgan fingerprint density at radius 3 is 2.77 bits per heavy atom. The highest BCUT2D eigenvalue weighted by Crippen LogP contribution is 2.32. The summed E-state index contributed by atoms with van der Waals surface area (Å²) in [5.41, 5.74) is 0. The molecule has 0 amide bonds. The normalized spacial score (nSPS) is 21.6. The summed E-state index contributed by atoms with van der Waals surface area (Å²) in [7, 11) is 0. The Kier molecular flexibility index (Phi) is 2.64. The van der Waals surface area contributed by atoms with Gasteiger partial charge in [-0.3, -0.25) is 0 Å². The number of imidazole rings is 1. The molecular weight excluding hydrogens is 164 g/mol. The molecule has 1 saturated carbocycles. The van der Waals surface area contributed by atoms with Crippen LogP contribution in [0.4, 0.5) is 0 Å². The fourth-order valence-electron chi connectivity index (χ4n) is 2.11. The van der Waals surface area contributed by atoms with Crippen LogP contribution in [0.2, 0.25) is 0 Å². The van der Waals surface area contributed by atoms with Crippen molar-refractivity contribution in [3.63, 3.8) is 0 Å². The van der Waals surface area contributed by atoms with Crippen LogP contribution in [0.1, 0.15) is 44.0 Å². The smallest absolute Gasteiger partial charge is 0.135 e. The molecule has 1 aliphatic carbocycles. The monoisotopic (exact) mass is 180 g/mol. The first-order valence-electron chi connectivity index (χ1n) is 5.05. The van der Waals surface area contributed by atoms with E-state index < -0.39 is 0 Å². The molecule has 2 N–H and O–H groups in total. The molecule has 1 atom stereocenters. The third kappa shape index (κ3) is 1.91. The lowest BCUT2D eigenvalue weighted by molar-refractivity contribution is 0.0779. The van der Waals surface area contributed by atoms with Crippen LogP contribution in [0.3, 0.4) is 0 Å². The molecule has 1 heterocycles. The predicted octanol–water partition coefficient (Wildman–Crippen LogP) is 2.02. The van der Waals surface area contributed by atoms with Crippen LogP contribution >= 0.6 is 0 Å². The van der Waals surface area contributed by atoms with Gasteiger partial charge in [0.2, 0.25) is 0 Å². The summed E-state index contributed by atoms with van der Waals surface area (Å²) in [5.74, 6) is 1.15. The quantitative estimate of drug-likeness (QED) is 0.731. The molecule has 3 nitrogen and oxygen atoms in total. The van der Waals surface area contributed by atoms with Gasteiger partial charge in [-0.05, 0) is 18.8 Å². The van der Waals surface area contributed by atoms with Gasteiger partial charge in [0.25, 0.3) is 0 Å². The van der Waals surface area contributed by atoms with Crippen molar-refractivity contribution in [2.45, 2.75) is 38.2 Å². The highest BCUT2D eigenvalue weighted by Gasteiger charge is 2.24. The lowest BCUT2D eigenvalue weighted by atomic mass is 9.85. The number of aliphatic hydroxyl groups is 1. The van der Waals surface area contributed by atoms with E-state index >= 15 is 0 Å². The van der Waals surface area contributed by atoms with E-state index in [0.29, 0.717) is 5.92 Å². The van der Waals surface area contributed by atoms with E-state index in [1.165, 1.54) is 19.3 Å². The van der Waals surface area contributed by atoms with Gasteiger partial charge in [-0.25, -0.2) is 4.98 Å². The average molecular weight is 180 g/mol. The van der Waals surface area contributed by atoms with E-state index in [4.69, 9.17) is 0 Å². The number of nitrogens with zero attached hydrogens (tertiary/aromatic N) is 1. The zero-order valence-electron chi connectivity index (χ0n) is 7.74. The number of hydrogen-bond donors (Lipinski definition) is 2. The van der Waals surface area contributed by atoms with Crippen LogP contribution in [-0.2, 0) is 0 Å². The Morgan fingerprint density at radius 2 is 2.15 bits per heavy atom. The van der Waals surface area contributed by atoms with E-state index in [2.05, 4.69) is 9.97 Å². The van der Waals surface area contributed by atoms with Gasteiger partial charge in [-0.1, -0.05) is 19.3 Å². The third-order valence-corrected chi connectivity index (χ3v) is 2.90. The topological polar surface area (TPSA) is 48.9 Å². The fourth-order valence-corrected chi connectivity index (χ4v) is 2.11. The Hall–Kier alpha value is -0.830. The van der Waals surface area contributed by atoms with Crippen molar-refractivity contribution in [1.82, 2.24) is 9.97 Å². The van der Waals surface area contributed by atoms with Gasteiger partial charge >= 0.3 is 0 Å². The minimum atomic E-state index is -0.379. The summed E-state index contributed by atoms with van der Waals surface area (Å²) < 4.78 is 0. The maximum atomic E-state index is 9.94. The molecular formula is C10H16N2O. The minimum absolute atomic E-state index is 0.379. The van der Waals surface area contributed by atoms with Gasteiger partial charge in [0, 0.05) is 12.4 Å². The Bertz CT molecular complexity index is 239. The third-order valence-electron chi connectivity index (χ3n) is 2.90. The highest BCUT2D eigenvalue weighted by molar-refractivity contribution is 4.94. The zero-order valence-corrected chi connectivity index (χ0v) is 7.74. The van der Waals surface area contributed by atoms with Crippen LogP contribution in [0, 0.1) is 5.92 Å². The van der Waals surface area contributed by atoms with Crippen LogP contribution < -0.4 is 0 Å². The van der Waals surface area contributed by atoms with E-state index in [9.17, 15) is 5.11 Å². The first-order chi connectivity index (χ1) is 6.38. The molecule has 1 aromatic rings. The number of aromatic amines is 1. The summed E-state index contributed by atoms with van der Waals surface area (Å²) in [4.78, 5) is 7.06. The lowest BCUT2D eigenvalue weighted by Crippen LogP contribution is -2.16. The van der Waals surface area contributed by atoms with Crippen molar-refractivity contribution in [2.24, 2.45) is 5.92 Å². The van der Waals surface area contributed by atoms with Crippen LogP contribution in [-0.4, -0.2) is 15.1 Å². The molecule has 1 aliphatic rings. The molecule has 0 aromatic carbocycles. The maximum Gasteiger partial charge on any atom is 0.135 e. The molecule has 0 radical (unpaired) electrons. The highest BCUT2D eigenvalue weighted by atomic mass is 16.3. The van der Waals surface area contributed by atoms with E-state index in [1.54, 1.807) is 12.4 Å². The van der Waals surface area contributed by atoms with E-state index in [-0.39, 0.29) is 6.10 Å². The van der Waals surface area contributed by atoms with Crippen LogP contribution in [0.25, 0.3) is 0 Å². The Balaban J connectivity index is 1.99. The van der Waals surface area contributed by atoms with Crippen LogP contribution in [0.5, 0.6) is 0 Å². The molecule has 72 valence electrons. The van der Waals surface area contributed by atoms with Crippen molar-refractivity contribution in [3.8, 4) is 0 Å². The van der Waals surface area contributed by atoms with Crippen molar-refractivity contribution in [3.05, 3.63) is 18.2 Å². The molecule has 2 rings (SSSR count). The summed E-state index contributed by atoms with van der Waals surface area (Å²) in [6.07, 6.45) is 9.19. The van der Waals surface area contributed by atoms with Gasteiger partial charge in [0.1, 0.15) is 11.9 Å². The van der Waals surface area contributed by atoms with Crippen molar-refractivity contribution >= 4 is 0 Å². The number of aromatic nitrogens is 2. The predicted molar refractivity (Wildman–Crippen MR) is 50.1 cm³/mol. The first-order valence-corrected chi connectivity index (χ1v) is 5.05. The number of aliphatic hydroxyl groups excluding tert-OH is 1. The number of rotatable bonds is 2. The van der Waals surface area contributed by atoms with Crippen molar-refractivity contribution < 1.29 is 5.11 Å². The SMILES string of the molecule is OC(c1ncc[nH]1)C1CCCCC1. The van der Waals surface area contributed by atoms with Gasteiger partial charge in [0.05, 0.1) is 0 Å². The second-order valence-corrected chi connectivity index (χ2v) is 3.82. The van der Waals surface area contributed by atoms with Crippen LogP contribution in [0.15, 0.2) is 12.4 Å². The first kappa shape index (κ1) is 8.75. The Labute approximate surface area is 78.2 Å². The largest absolute Gasteiger partial charge is 0.385 e. The Morgan fingerprint density at radius 1 is 1.38 bits per heavy atom. The van der Waals surface area contributed by atoms with Crippen molar-refractivity contribution in [1.29, 1.82) is 0 Å². The second-order valence-electron chi connectivity index (χ2n) is 3.82. The van der Waals surface area contributed by atoms with Crippen molar-refractivity contribution in [2.75, 3.05) is 0 Å². The molecule has 1 unspecified atom stereocenters. The molecule has 13 heavy (non-hydrogen) atoms. The summed E-state index contributed by atoms with van der Waals surface area (Å²) in [6, 6.07) is 0. The number of H-pyrrole nitrogens is 1. The lowest BCUT2D eigenvalue weighted by Gasteiger charge is -2.25. The molecule has 1 fully saturated rings. The fraction of sp³-hybridized carbons (Fsp3) is 0.700.